The van der Waals surface area contributed by atoms with Crippen LogP contribution in [0.1, 0.15) is 49.3 Å². The third-order valence-corrected chi connectivity index (χ3v) is 5.81. The summed E-state index contributed by atoms with van der Waals surface area (Å²) in [4.78, 5) is 40.0. The molecule has 2 heterocycles. The summed E-state index contributed by atoms with van der Waals surface area (Å²) in [7, 11) is 7.24. The molecule has 0 radical (unpaired) electrons. The van der Waals surface area contributed by atoms with Gasteiger partial charge in [-0.05, 0) is 37.0 Å². The van der Waals surface area contributed by atoms with Gasteiger partial charge in [0.25, 0.3) is 0 Å². The lowest BCUT2D eigenvalue weighted by Crippen LogP contribution is -2.40. The number of methoxy groups -OCH3 is 1. The largest absolute Gasteiger partial charge is 0.497 e. The molecule has 0 N–H and O–H groups in total. The van der Waals surface area contributed by atoms with E-state index in [1.165, 1.54) is 6.92 Å². The van der Waals surface area contributed by atoms with Crippen molar-refractivity contribution in [2.45, 2.75) is 45.2 Å². The first-order valence-electron chi connectivity index (χ1n) is 11.0. The Labute approximate surface area is 190 Å². The highest BCUT2D eigenvalue weighted by Crippen LogP contribution is 2.31. The molecule has 0 bridgehead atoms. The molecule has 172 valence electrons. The first-order chi connectivity index (χ1) is 15.3. The minimum Gasteiger partial charge on any atom is -0.497 e. The second kappa shape index (κ2) is 10.4. The lowest BCUT2D eigenvalue weighted by atomic mass is 9.99. The van der Waals surface area contributed by atoms with Gasteiger partial charge < -0.3 is 19.4 Å². The van der Waals surface area contributed by atoms with Crippen molar-refractivity contribution in [3.05, 3.63) is 47.4 Å². The quantitative estimate of drug-likeness (QED) is 0.660. The van der Waals surface area contributed by atoms with Gasteiger partial charge in [0.15, 0.2) is 5.82 Å². The number of amides is 2. The predicted octanol–water partition coefficient (Wildman–Crippen LogP) is 2.83. The first-order valence-corrected chi connectivity index (χ1v) is 11.0. The smallest absolute Gasteiger partial charge is 0.227 e. The van der Waals surface area contributed by atoms with E-state index in [-0.39, 0.29) is 17.9 Å². The molecule has 0 saturated carbocycles. The van der Waals surface area contributed by atoms with E-state index in [0.717, 1.165) is 42.1 Å². The third-order valence-electron chi connectivity index (χ3n) is 5.81. The van der Waals surface area contributed by atoms with E-state index >= 15 is 0 Å². The fourth-order valence-electron chi connectivity index (χ4n) is 3.83. The van der Waals surface area contributed by atoms with Crippen molar-refractivity contribution < 1.29 is 14.3 Å². The summed E-state index contributed by atoms with van der Waals surface area (Å²) in [5, 5.41) is 0. The van der Waals surface area contributed by atoms with Gasteiger partial charge in [-0.2, -0.15) is 0 Å². The molecule has 2 aromatic rings. The first kappa shape index (κ1) is 23.5. The van der Waals surface area contributed by atoms with Gasteiger partial charge in [-0.15, -0.1) is 0 Å². The van der Waals surface area contributed by atoms with Crippen LogP contribution in [0.5, 0.6) is 5.75 Å². The number of ether oxygens (including phenoxy) is 1. The minimum atomic E-state index is -0.171. The zero-order chi connectivity index (χ0) is 23.3. The van der Waals surface area contributed by atoms with Crippen LogP contribution >= 0.6 is 0 Å². The topological polar surface area (TPSA) is 78.9 Å². The van der Waals surface area contributed by atoms with E-state index in [9.17, 15) is 9.59 Å². The van der Waals surface area contributed by atoms with Gasteiger partial charge in [0.2, 0.25) is 11.8 Å². The van der Waals surface area contributed by atoms with Crippen molar-refractivity contribution in [3.63, 3.8) is 0 Å². The molecule has 0 spiro atoms. The number of anilines is 1. The maximum atomic E-state index is 13.3. The molecule has 32 heavy (non-hydrogen) atoms. The minimum absolute atomic E-state index is 0.0227. The number of likely N-dealkylation sites (tertiary alicyclic amines) is 1. The molecule has 0 unspecified atom stereocenters. The summed E-state index contributed by atoms with van der Waals surface area (Å²) < 4.78 is 5.21. The van der Waals surface area contributed by atoms with Gasteiger partial charge in [0.05, 0.1) is 31.8 Å². The van der Waals surface area contributed by atoms with Crippen LogP contribution in [0.15, 0.2) is 30.3 Å². The molecule has 0 aliphatic carbocycles. The normalized spacial score (nSPS) is 15.9. The highest BCUT2D eigenvalue weighted by atomic mass is 16.5. The molecular formula is C24H33N5O3. The average Bonchev–Trinajstić information content (AvgIpc) is 2.79. The second-order valence-corrected chi connectivity index (χ2v) is 8.47. The maximum Gasteiger partial charge on any atom is 0.227 e. The molecule has 2 amide bonds. The Morgan fingerprint density at radius 3 is 2.47 bits per heavy atom. The summed E-state index contributed by atoms with van der Waals surface area (Å²) >= 11 is 0. The Bertz CT molecular complexity index is 945. The van der Waals surface area contributed by atoms with Gasteiger partial charge in [-0.3, -0.25) is 9.59 Å². The van der Waals surface area contributed by atoms with Gasteiger partial charge in [-0.1, -0.05) is 12.1 Å². The zero-order valence-electron chi connectivity index (χ0n) is 19.7. The van der Waals surface area contributed by atoms with Crippen molar-refractivity contribution >= 4 is 17.6 Å². The van der Waals surface area contributed by atoms with Crippen LogP contribution in [0.4, 0.5) is 5.82 Å². The van der Waals surface area contributed by atoms with Gasteiger partial charge >= 0.3 is 0 Å². The molecule has 1 saturated heterocycles. The fraction of sp³-hybridized carbons (Fsp3) is 0.500. The van der Waals surface area contributed by atoms with Crippen molar-refractivity contribution in [2.75, 3.05) is 39.7 Å². The number of hydrogen-bond donors (Lipinski definition) is 0. The average molecular weight is 440 g/mol. The van der Waals surface area contributed by atoms with Crippen molar-refractivity contribution in [1.82, 2.24) is 19.8 Å². The van der Waals surface area contributed by atoms with Crippen LogP contribution in [0.2, 0.25) is 0 Å². The Kier molecular flexibility index (Phi) is 7.66. The van der Waals surface area contributed by atoms with Crippen LogP contribution in [-0.4, -0.2) is 66.4 Å². The monoisotopic (exact) mass is 439 g/mol. The SMILES string of the molecule is COc1ccc(CC(=O)N2CCCC[C@@H]2c2nc(CN(C)C(C)=O)cc(N(C)C)n2)cc1. The zero-order valence-corrected chi connectivity index (χ0v) is 19.7. The predicted molar refractivity (Wildman–Crippen MR) is 124 cm³/mol. The standard InChI is InChI=1S/C24H33N5O3/c1-17(30)28(4)16-19-15-22(27(2)3)26-24(25-19)21-8-6-7-13-29(21)23(31)14-18-9-11-20(32-5)12-10-18/h9-12,15,21H,6-8,13-14,16H2,1-5H3/t21-/m1/s1. The summed E-state index contributed by atoms with van der Waals surface area (Å²) in [6.45, 7) is 2.63. The van der Waals surface area contributed by atoms with E-state index in [1.807, 2.05) is 54.2 Å². The number of rotatable bonds is 7. The Balaban J connectivity index is 1.86. The molecule has 1 aromatic carbocycles. The number of benzene rings is 1. The van der Waals surface area contributed by atoms with Crippen LogP contribution in [0, 0.1) is 0 Å². The van der Waals surface area contributed by atoms with Crippen molar-refractivity contribution in [3.8, 4) is 5.75 Å². The van der Waals surface area contributed by atoms with E-state index in [1.54, 1.807) is 19.1 Å². The van der Waals surface area contributed by atoms with Gasteiger partial charge in [0, 0.05) is 40.7 Å². The molecule has 1 aliphatic heterocycles. The van der Waals surface area contributed by atoms with E-state index in [4.69, 9.17) is 14.7 Å². The number of aromatic nitrogens is 2. The van der Waals surface area contributed by atoms with Crippen molar-refractivity contribution in [1.29, 1.82) is 0 Å². The Morgan fingerprint density at radius 1 is 1.12 bits per heavy atom. The van der Waals surface area contributed by atoms with E-state index in [0.29, 0.717) is 25.3 Å². The fourth-order valence-corrected chi connectivity index (χ4v) is 3.83. The second-order valence-electron chi connectivity index (χ2n) is 8.47. The Morgan fingerprint density at radius 2 is 1.84 bits per heavy atom. The molecule has 8 heteroatoms. The number of hydrogen-bond acceptors (Lipinski definition) is 6. The van der Waals surface area contributed by atoms with E-state index in [2.05, 4.69) is 0 Å². The van der Waals surface area contributed by atoms with Crippen molar-refractivity contribution in [2.24, 2.45) is 0 Å². The molecule has 1 aromatic heterocycles. The number of carbonyl (C=O) groups excluding carboxylic acids is 2. The molecular weight excluding hydrogens is 406 g/mol. The Hall–Kier alpha value is -3.16. The summed E-state index contributed by atoms with van der Waals surface area (Å²) in [5.41, 5.74) is 1.72. The highest BCUT2D eigenvalue weighted by molar-refractivity contribution is 5.79. The van der Waals surface area contributed by atoms with Gasteiger partial charge in [0.1, 0.15) is 11.6 Å². The molecule has 1 fully saturated rings. The molecule has 1 atom stereocenters. The third kappa shape index (κ3) is 5.75. The van der Waals surface area contributed by atoms with Crippen LogP contribution in [0.3, 0.4) is 0 Å². The number of carbonyl (C=O) groups is 2. The molecule has 3 rings (SSSR count). The summed E-state index contributed by atoms with van der Waals surface area (Å²) in [5.74, 6) is 2.24. The van der Waals surface area contributed by atoms with Crippen LogP contribution < -0.4 is 9.64 Å². The summed E-state index contributed by atoms with van der Waals surface area (Å²) in [6.07, 6.45) is 3.15. The highest BCUT2D eigenvalue weighted by Gasteiger charge is 2.30. The molecule has 8 nitrogen and oxygen atoms in total. The number of nitrogens with zero attached hydrogens (tertiary/aromatic N) is 5. The lowest BCUT2D eigenvalue weighted by molar-refractivity contribution is -0.134. The lowest BCUT2D eigenvalue weighted by Gasteiger charge is -2.35. The summed E-state index contributed by atoms with van der Waals surface area (Å²) in [6, 6.07) is 9.32. The van der Waals surface area contributed by atoms with Gasteiger partial charge in [-0.25, -0.2) is 9.97 Å². The van der Waals surface area contributed by atoms with Crippen LogP contribution in [0.25, 0.3) is 0 Å². The molecule has 1 aliphatic rings. The number of piperidine rings is 1. The maximum absolute atomic E-state index is 13.3. The van der Waals surface area contributed by atoms with Crippen LogP contribution in [-0.2, 0) is 22.6 Å². The van der Waals surface area contributed by atoms with E-state index < -0.39 is 0 Å².